The minimum atomic E-state index is -0.0617. The summed E-state index contributed by atoms with van der Waals surface area (Å²) in [5.74, 6) is 0.467. The first kappa shape index (κ1) is 13.9. The molecule has 0 radical (unpaired) electrons. The van der Waals surface area contributed by atoms with Crippen LogP contribution in [0.2, 0.25) is 0 Å². The highest BCUT2D eigenvalue weighted by Crippen LogP contribution is 2.13. The van der Waals surface area contributed by atoms with Gasteiger partial charge in [-0.15, -0.1) is 0 Å². The van der Waals surface area contributed by atoms with Gasteiger partial charge in [0.1, 0.15) is 0 Å². The molecule has 0 aromatic heterocycles. The number of carbonyl (C=O) groups is 1. The van der Waals surface area contributed by atoms with Crippen LogP contribution in [0.4, 0.5) is 0 Å². The number of hydrogen-bond acceptors (Lipinski definition) is 1. The van der Waals surface area contributed by atoms with Crippen molar-refractivity contribution in [1.29, 1.82) is 0 Å². The van der Waals surface area contributed by atoms with Crippen molar-refractivity contribution in [3.8, 4) is 0 Å². The second-order valence-electron chi connectivity index (χ2n) is 4.05. The maximum Gasteiger partial charge on any atom is 0.234 e. The largest absolute Gasteiger partial charge is 0.352 e. The fourth-order valence-electron chi connectivity index (χ4n) is 1.31. The van der Waals surface area contributed by atoms with Crippen molar-refractivity contribution in [2.75, 3.05) is 0 Å². The number of rotatable bonds is 6. The average molecular weight is 264 g/mol. The van der Waals surface area contributed by atoms with E-state index in [1.54, 1.807) is 0 Å². The lowest BCUT2D eigenvalue weighted by atomic mass is 10.1. The van der Waals surface area contributed by atoms with Gasteiger partial charge in [0.2, 0.25) is 5.91 Å². The molecule has 2 atom stereocenters. The van der Waals surface area contributed by atoms with Crippen molar-refractivity contribution >= 4 is 21.8 Å². The molecule has 1 N–H and O–H groups in total. The van der Waals surface area contributed by atoms with E-state index < -0.39 is 0 Å². The van der Waals surface area contributed by atoms with Gasteiger partial charge >= 0.3 is 0 Å². The van der Waals surface area contributed by atoms with Crippen LogP contribution in [-0.4, -0.2) is 16.8 Å². The summed E-state index contributed by atoms with van der Waals surface area (Å²) in [5.41, 5.74) is 0. The Hall–Kier alpha value is -0.0500. The predicted molar refractivity (Wildman–Crippen MR) is 64.7 cm³/mol. The topological polar surface area (TPSA) is 29.1 Å². The summed E-state index contributed by atoms with van der Waals surface area (Å²) in [5, 5.41) is 3.06. The Labute approximate surface area is 96.0 Å². The fourth-order valence-corrected chi connectivity index (χ4v) is 1.44. The number of carbonyl (C=O) groups excluding carboxylic acids is 1. The average Bonchev–Trinajstić information content (AvgIpc) is 2.15. The van der Waals surface area contributed by atoms with Crippen molar-refractivity contribution in [3.63, 3.8) is 0 Å². The smallest absolute Gasteiger partial charge is 0.234 e. The second kappa shape index (κ2) is 7.27. The van der Waals surface area contributed by atoms with Gasteiger partial charge < -0.3 is 5.32 Å². The third-order valence-electron chi connectivity index (χ3n) is 2.31. The van der Waals surface area contributed by atoms with Crippen LogP contribution >= 0.6 is 15.9 Å². The molecule has 3 heteroatoms. The summed E-state index contributed by atoms with van der Waals surface area (Å²) in [4.78, 5) is 11.6. The third-order valence-corrected chi connectivity index (χ3v) is 3.79. The van der Waals surface area contributed by atoms with Gasteiger partial charge in [-0.1, -0.05) is 50.0 Å². The summed E-state index contributed by atoms with van der Waals surface area (Å²) >= 11 is 3.40. The Morgan fingerprint density at radius 3 is 2.29 bits per heavy atom. The van der Waals surface area contributed by atoms with Crippen molar-refractivity contribution in [2.24, 2.45) is 5.92 Å². The zero-order chi connectivity index (χ0) is 11.1. The zero-order valence-electron chi connectivity index (χ0n) is 9.64. The van der Waals surface area contributed by atoms with Crippen LogP contribution in [0.15, 0.2) is 0 Å². The lowest BCUT2D eigenvalue weighted by Crippen LogP contribution is -2.40. The highest BCUT2D eigenvalue weighted by Gasteiger charge is 2.20. The van der Waals surface area contributed by atoms with E-state index in [1.165, 1.54) is 0 Å². The molecule has 0 saturated carbocycles. The van der Waals surface area contributed by atoms with Crippen LogP contribution in [-0.2, 0) is 4.79 Å². The van der Waals surface area contributed by atoms with Crippen molar-refractivity contribution < 1.29 is 4.79 Å². The van der Waals surface area contributed by atoms with E-state index in [0.29, 0.717) is 12.0 Å². The van der Waals surface area contributed by atoms with Gasteiger partial charge in [-0.2, -0.15) is 0 Å². The number of halogens is 1. The SMILES string of the molecule is CCCC(CC)NC(=O)C(Br)C(C)C. The molecule has 84 valence electrons. The Kier molecular flexibility index (Phi) is 7.24. The van der Waals surface area contributed by atoms with E-state index in [0.717, 1.165) is 19.3 Å². The van der Waals surface area contributed by atoms with Gasteiger partial charge in [-0.05, 0) is 18.8 Å². The molecule has 1 amide bonds. The van der Waals surface area contributed by atoms with E-state index >= 15 is 0 Å². The van der Waals surface area contributed by atoms with E-state index in [9.17, 15) is 4.79 Å². The Morgan fingerprint density at radius 2 is 1.93 bits per heavy atom. The van der Waals surface area contributed by atoms with Gasteiger partial charge in [-0.25, -0.2) is 0 Å². The van der Waals surface area contributed by atoms with E-state index in [1.807, 2.05) is 13.8 Å². The number of alkyl halides is 1. The minimum absolute atomic E-state index is 0.0617. The third kappa shape index (κ3) is 4.99. The molecule has 0 bridgehead atoms. The molecule has 0 aliphatic carbocycles. The van der Waals surface area contributed by atoms with Gasteiger partial charge in [0, 0.05) is 6.04 Å². The summed E-state index contributed by atoms with van der Waals surface area (Å²) < 4.78 is 0. The molecule has 0 aromatic carbocycles. The molecule has 2 nitrogen and oxygen atoms in total. The Balaban J connectivity index is 4.01. The minimum Gasteiger partial charge on any atom is -0.352 e. The Bertz CT molecular complexity index is 171. The zero-order valence-corrected chi connectivity index (χ0v) is 11.2. The first-order valence-corrected chi connectivity index (χ1v) is 6.38. The maximum absolute atomic E-state index is 11.7. The van der Waals surface area contributed by atoms with Crippen LogP contribution in [0, 0.1) is 5.92 Å². The van der Waals surface area contributed by atoms with Gasteiger partial charge in [0.15, 0.2) is 0 Å². The number of nitrogens with one attached hydrogen (secondary N) is 1. The molecule has 0 fully saturated rings. The summed E-state index contributed by atoms with van der Waals surface area (Å²) in [7, 11) is 0. The highest BCUT2D eigenvalue weighted by molar-refractivity contribution is 9.10. The predicted octanol–water partition coefficient (Wildman–Crippen LogP) is 3.10. The fraction of sp³-hybridized carbons (Fsp3) is 0.909. The molecule has 0 rings (SSSR count). The molecule has 14 heavy (non-hydrogen) atoms. The Morgan fingerprint density at radius 1 is 1.36 bits per heavy atom. The maximum atomic E-state index is 11.7. The van der Waals surface area contributed by atoms with Crippen molar-refractivity contribution in [2.45, 2.75) is 57.8 Å². The second-order valence-corrected chi connectivity index (χ2v) is 5.03. The van der Waals surface area contributed by atoms with Crippen LogP contribution in [0.1, 0.15) is 47.0 Å². The molecular weight excluding hydrogens is 242 g/mol. The normalized spacial score (nSPS) is 15.3. The van der Waals surface area contributed by atoms with E-state index in [4.69, 9.17) is 0 Å². The summed E-state index contributed by atoms with van der Waals surface area (Å²) in [6, 6.07) is 0.339. The molecule has 0 aromatic rings. The molecule has 0 aliphatic heterocycles. The molecule has 2 unspecified atom stereocenters. The van der Waals surface area contributed by atoms with Crippen LogP contribution in [0.5, 0.6) is 0 Å². The van der Waals surface area contributed by atoms with Gasteiger partial charge in [0.25, 0.3) is 0 Å². The van der Waals surface area contributed by atoms with Gasteiger partial charge in [0.05, 0.1) is 4.83 Å². The van der Waals surface area contributed by atoms with Crippen molar-refractivity contribution in [3.05, 3.63) is 0 Å². The first-order chi connectivity index (χ1) is 6.52. The lowest BCUT2D eigenvalue weighted by molar-refractivity contribution is -0.121. The standard InChI is InChI=1S/C11H22BrNO/c1-5-7-9(6-2)13-11(14)10(12)8(3)4/h8-10H,5-7H2,1-4H3,(H,13,14). The lowest BCUT2D eigenvalue weighted by Gasteiger charge is -2.20. The molecule has 0 aliphatic rings. The molecular formula is C11H22BrNO. The van der Waals surface area contributed by atoms with Gasteiger partial charge in [-0.3, -0.25) is 4.79 Å². The first-order valence-electron chi connectivity index (χ1n) is 5.47. The molecule has 0 saturated heterocycles. The van der Waals surface area contributed by atoms with E-state index in [2.05, 4.69) is 35.1 Å². The van der Waals surface area contributed by atoms with Crippen LogP contribution in [0.25, 0.3) is 0 Å². The number of hydrogen-bond donors (Lipinski definition) is 1. The van der Waals surface area contributed by atoms with E-state index in [-0.39, 0.29) is 10.7 Å². The molecule has 0 heterocycles. The van der Waals surface area contributed by atoms with Crippen LogP contribution in [0.3, 0.4) is 0 Å². The van der Waals surface area contributed by atoms with Crippen molar-refractivity contribution in [1.82, 2.24) is 5.32 Å². The summed E-state index contributed by atoms with van der Waals surface area (Å²) in [6.45, 7) is 8.33. The summed E-state index contributed by atoms with van der Waals surface area (Å²) in [6.07, 6.45) is 3.20. The molecule has 0 spiro atoms. The van der Waals surface area contributed by atoms with Crippen LogP contribution < -0.4 is 5.32 Å². The number of amides is 1. The highest BCUT2D eigenvalue weighted by atomic mass is 79.9. The monoisotopic (exact) mass is 263 g/mol. The quantitative estimate of drug-likeness (QED) is 0.734.